The number of Topliss-reactive ketones (excluding diaryl/α,β-unsaturated/α-hetero) is 1. The lowest BCUT2D eigenvalue weighted by Crippen LogP contribution is -2.41. The second kappa shape index (κ2) is 7.13. The molecule has 2 aromatic heterocycles. The predicted octanol–water partition coefficient (Wildman–Crippen LogP) is 2.63. The molecule has 0 saturated carbocycles. The van der Waals surface area contributed by atoms with Crippen LogP contribution in [0, 0.1) is 0 Å². The maximum Gasteiger partial charge on any atom is 0.313 e. The standard InChI is InChI=1S/C15H15BrN2O3S/c1-21-14(20)7-11(19)8-15(17,10-5-6-22-9-10)12-3-2-4-13(16)18-12/h2-6,9H,7-8,17H2,1H3. The number of rotatable bonds is 6. The van der Waals surface area contributed by atoms with Crippen LogP contribution in [0.15, 0.2) is 39.6 Å². The number of thiophene rings is 1. The molecule has 0 radical (unpaired) electrons. The maximum absolute atomic E-state index is 12.2. The molecule has 1 unspecified atom stereocenters. The summed E-state index contributed by atoms with van der Waals surface area (Å²) in [6.07, 6.45) is -0.324. The van der Waals surface area contributed by atoms with Crippen molar-refractivity contribution in [2.24, 2.45) is 5.73 Å². The topological polar surface area (TPSA) is 82.3 Å². The van der Waals surface area contributed by atoms with E-state index in [9.17, 15) is 9.59 Å². The van der Waals surface area contributed by atoms with Gasteiger partial charge < -0.3 is 10.5 Å². The first-order chi connectivity index (χ1) is 10.5. The minimum absolute atomic E-state index is 0.0255. The van der Waals surface area contributed by atoms with E-state index >= 15 is 0 Å². The van der Waals surface area contributed by atoms with Crippen molar-refractivity contribution >= 4 is 39.0 Å². The Balaban J connectivity index is 2.35. The molecule has 0 amide bonds. The molecule has 5 nitrogen and oxygen atoms in total. The van der Waals surface area contributed by atoms with Crippen molar-refractivity contribution in [2.75, 3.05) is 7.11 Å². The van der Waals surface area contributed by atoms with E-state index < -0.39 is 11.5 Å². The number of ketones is 1. The first-order valence-corrected chi connectivity index (χ1v) is 8.22. The molecule has 0 saturated heterocycles. The Labute approximate surface area is 140 Å². The van der Waals surface area contributed by atoms with Crippen molar-refractivity contribution in [3.8, 4) is 0 Å². The van der Waals surface area contributed by atoms with Gasteiger partial charge in [-0.05, 0) is 50.5 Å². The van der Waals surface area contributed by atoms with Crippen LogP contribution in [-0.2, 0) is 19.9 Å². The van der Waals surface area contributed by atoms with Crippen molar-refractivity contribution in [3.63, 3.8) is 0 Å². The lowest BCUT2D eigenvalue weighted by molar-refractivity contribution is -0.143. The van der Waals surface area contributed by atoms with Crippen LogP contribution in [-0.4, -0.2) is 23.8 Å². The first-order valence-electron chi connectivity index (χ1n) is 6.49. The number of aromatic nitrogens is 1. The third-order valence-electron chi connectivity index (χ3n) is 3.25. The maximum atomic E-state index is 12.2. The van der Waals surface area contributed by atoms with Crippen LogP contribution in [0.25, 0.3) is 0 Å². The van der Waals surface area contributed by atoms with Crippen molar-refractivity contribution in [1.29, 1.82) is 0 Å². The van der Waals surface area contributed by atoms with Gasteiger partial charge in [-0.15, -0.1) is 0 Å². The van der Waals surface area contributed by atoms with Gasteiger partial charge in [0, 0.05) is 6.42 Å². The number of pyridine rings is 1. The van der Waals surface area contributed by atoms with Gasteiger partial charge in [-0.3, -0.25) is 9.59 Å². The third kappa shape index (κ3) is 3.79. The summed E-state index contributed by atoms with van der Waals surface area (Å²) in [4.78, 5) is 27.8. The summed E-state index contributed by atoms with van der Waals surface area (Å²) in [5, 5.41) is 3.77. The predicted molar refractivity (Wildman–Crippen MR) is 87.5 cm³/mol. The summed E-state index contributed by atoms with van der Waals surface area (Å²) in [5.41, 5.74) is 6.81. The fraction of sp³-hybridized carbons (Fsp3) is 0.267. The van der Waals surface area contributed by atoms with Gasteiger partial charge in [0.15, 0.2) is 0 Å². The lowest BCUT2D eigenvalue weighted by atomic mass is 9.83. The van der Waals surface area contributed by atoms with Crippen molar-refractivity contribution in [2.45, 2.75) is 18.4 Å². The molecule has 2 rings (SSSR count). The number of hydrogen-bond acceptors (Lipinski definition) is 6. The summed E-state index contributed by atoms with van der Waals surface area (Å²) < 4.78 is 5.16. The summed E-state index contributed by atoms with van der Waals surface area (Å²) >= 11 is 4.80. The van der Waals surface area contributed by atoms with Crippen LogP contribution in [0.3, 0.4) is 0 Å². The first kappa shape index (κ1) is 16.8. The minimum Gasteiger partial charge on any atom is -0.469 e. The third-order valence-corrected chi connectivity index (χ3v) is 4.38. The Morgan fingerprint density at radius 3 is 2.77 bits per heavy atom. The smallest absolute Gasteiger partial charge is 0.313 e. The van der Waals surface area contributed by atoms with Crippen LogP contribution in [0.2, 0.25) is 0 Å². The van der Waals surface area contributed by atoms with Crippen LogP contribution >= 0.6 is 27.3 Å². The highest BCUT2D eigenvalue weighted by molar-refractivity contribution is 9.10. The quantitative estimate of drug-likeness (QED) is 0.471. The number of nitrogens with zero attached hydrogens (tertiary/aromatic N) is 1. The van der Waals surface area contributed by atoms with E-state index in [1.54, 1.807) is 12.1 Å². The van der Waals surface area contributed by atoms with Crippen LogP contribution in [0.5, 0.6) is 0 Å². The van der Waals surface area contributed by atoms with E-state index in [0.29, 0.717) is 10.3 Å². The van der Waals surface area contributed by atoms with Gasteiger partial charge in [0.25, 0.3) is 0 Å². The molecule has 0 aliphatic heterocycles. The molecule has 116 valence electrons. The lowest BCUT2D eigenvalue weighted by Gasteiger charge is -2.28. The Kier molecular flexibility index (Phi) is 5.44. The van der Waals surface area contributed by atoms with Gasteiger partial charge in [-0.1, -0.05) is 6.07 Å². The van der Waals surface area contributed by atoms with Crippen LogP contribution in [0.4, 0.5) is 0 Å². The molecule has 0 aliphatic carbocycles. The number of methoxy groups -OCH3 is 1. The fourth-order valence-electron chi connectivity index (χ4n) is 2.12. The van der Waals surface area contributed by atoms with E-state index in [1.165, 1.54) is 18.4 Å². The molecule has 0 aromatic carbocycles. The Morgan fingerprint density at radius 1 is 1.41 bits per heavy atom. The Bertz CT molecular complexity index is 675. The summed E-state index contributed by atoms with van der Waals surface area (Å²) in [6.45, 7) is 0. The summed E-state index contributed by atoms with van der Waals surface area (Å²) in [5.74, 6) is -0.859. The number of hydrogen-bond donors (Lipinski definition) is 1. The van der Waals surface area contributed by atoms with Gasteiger partial charge in [0.1, 0.15) is 16.8 Å². The Hall–Kier alpha value is -1.57. The monoisotopic (exact) mass is 382 g/mol. The second-order valence-corrected chi connectivity index (χ2v) is 6.39. The van der Waals surface area contributed by atoms with E-state index in [4.69, 9.17) is 5.73 Å². The molecular formula is C15H15BrN2O3S. The van der Waals surface area contributed by atoms with E-state index in [2.05, 4.69) is 25.7 Å². The molecule has 2 aromatic rings. The molecule has 0 aliphatic rings. The van der Waals surface area contributed by atoms with E-state index in [1.807, 2.05) is 22.9 Å². The van der Waals surface area contributed by atoms with Gasteiger partial charge in [-0.25, -0.2) is 4.98 Å². The van der Waals surface area contributed by atoms with Gasteiger partial charge >= 0.3 is 5.97 Å². The number of esters is 1. The molecule has 0 fully saturated rings. The zero-order valence-corrected chi connectivity index (χ0v) is 14.3. The highest BCUT2D eigenvalue weighted by Crippen LogP contribution is 2.32. The average Bonchev–Trinajstić information content (AvgIpc) is 3.01. The molecule has 0 spiro atoms. The minimum atomic E-state index is -1.07. The molecule has 22 heavy (non-hydrogen) atoms. The zero-order valence-electron chi connectivity index (χ0n) is 11.9. The average molecular weight is 383 g/mol. The number of carbonyl (C=O) groups excluding carboxylic acids is 2. The van der Waals surface area contributed by atoms with Gasteiger partial charge in [-0.2, -0.15) is 11.3 Å². The van der Waals surface area contributed by atoms with Gasteiger partial charge in [0.2, 0.25) is 0 Å². The van der Waals surface area contributed by atoms with E-state index in [-0.39, 0.29) is 18.6 Å². The Morgan fingerprint density at radius 2 is 2.18 bits per heavy atom. The van der Waals surface area contributed by atoms with Crippen molar-refractivity contribution < 1.29 is 14.3 Å². The molecule has 0 bridgehead atoms. The van der Waals surface area contributed by atoms with Crippen LogP contribution < -0.4 is 5.73 Å². The molecule has 7 heteroatoms. The normalized spacial score (nSPS) is 13.4. The van der Waals surface area contributed by atoms with Crippen molar-refractivity contribution in [1.82, 2.24) is 4.98 Å². The largest absolute Gasteiger partial charge is 0.469 e. The second-order valence-electron chi connectivity index (χ2n) is 4.80. The van der Waals surface area contributed by atoms with Crippen LogP contribution in [0.1, 0.15) is 24.1 Å². The summed E-state index contributed by atoms with van der Waals surface area (Å²) in [7, 11) is 1.25. The highest BCUT2D eigenvalue weighted by Gasteiger charge is 2.34. The van der Waals surface area contributed by atoms with Crippen molar-refractivity contribution in [3.05, 3.63) is 50.9 Å². The number of ether oxygens (including phenoxy) is 1. The SMILES string of the molecule is COC(=O)CC(=O)CC(N)(c1ccsc1)c1cccc(Br)n1. The molecule has 2 N–H and O–H groups in total. The van der Waals surface area contributed by atoms with E-state index in [0.717, 1.165) is 5.56 Å². The highest BCUT2D eigenvalue weighted by atomic mass is 79.9. The summed E-state index contributed by atoms with van der Waals surface area (Å²) in [6, 6.07) is 7.23. The molecular weight excluding hydrogens is 368 g/mol. The number of halogens is 1. The number of nitrogens with two attached hydrogens (primary N) is 1. The zero-order chi connectivity index (χ0) is 16.2. The molecule has 1 atom stereocenters. The van der Waals surface area contributed by atoms with Gasteiger partial charge in [0.05, 0.1) is 18.3 Å². The fourth-order valence-corrected chi connectivity index (χ4v) is 3.21. The molecule has 2 heterocycles. The number of carbonyl (C=O) groups is 2.